The summed E-state index contributed by atoms with van der Waals surface area (Å²) in [5, 5.41) is 0.975. The maximum absolute atomic E-state index is 4.81. The number of aryl methyl sites for hydroxylation is 1. The van der Waals surface area contributed by atoms with Crippen molar-refractivity contribution in [2.24, 2.45) is 4.99 Å². The Morgan fingerprint density at radius 2 is 1.41 bits per heavy atom. The van der Waals surface area contributed by atoms with Crippen molar-refractivity contribution in [2.75, 3.05) is 28.2 Å². The first-order valence-corrected chi connectivity index (χ1v) is 11.1. The maximum atomic E-state index is 4.81. The number of guanidine groups is 1. The minimum atomic E-state index is 0.432. The van der Waals surface area contributed by atoms with Crippen molar-refractivity contribution >= 4 is 23.2 Å². The van der Waals surface area contributed by atoms with Crippen LogP contribution in [-0.2, 0) is 0 Å². The second kappa shape index (κ2) is 9.28. The smallest absolute Gasteiger partial charge is 0.253 e. The van der Waals surface area contributed by atoms with E-state index < -0.39 is 0 Å². The van der Waals surface area contributed by atoms with Gasteiger partial charge in [0.1, 0.15) is 5.01 Å². The summed E-state index contributed by atoms with van der Waals surface area (Å²) in [4.78, 5) is 23.3. The van der Waals surface area contributed by atoms with Crippen molar-refractivity contribution in [1.29, 1.82) is 0 Å². The number of aromatic nitrogens is 3. The van der Waals surface area contributed by atoms with Gasteiger partial charge < -0.3 is 9.80 Å². The molecule has 0 saturated carbocycles. The number of thiazole rings is 1. The molecule has 0 N–H and O–H groups in total. The highest BCUT2D eigenvalue weighted by molar-refractivity contribution is 7.18. The van der Waals surface area contributed by atoms with E-state index in [1.807, 2.05) is 57.0 Å². The van der Waals surface area contributed by atoms with Crippen molar-refractivity contribution in [3.63, 3.8) is 0 Å². The van der Waals surface area contributed by atoms with Gasteiger partial charge in [0, 0.05) is 40.0 Å². The second-order valence-electron chi connectivity index (χ2n) is 7.82. The highest BCUT2D eigenvalue weighted by Crippen LogP contribution is 2.35. The lowest BCUT2D eigenvalue weighted by Gasteiger charge is -2.22. The first-order valence-electron chi connectivity index (χ1n) is 10.3. The molecule has 0 unspecified atom stereocenters. The molecule has 162 valence electrons. The van der Waals surface area contributed by atoms with Crippen molar-refractivity contribution in [3.8, 4) is 32.3 Å². The highest BCUT2D eigenvalue weighted by Gasteiger charge is 2.14. The molecule has 0 bridgehead atoms. The first-order chi connectivity index (χ1) is 15.4. The molecule has 0 amide bonds. The molecular formula is C25H26N6S. The minimum absolute atomic E-state index is 0.432. The van der Waals surface area contributed by atoms with Gasteiger partial charge in [-0.05, 0) is 24.1 Å². The van der Waals surface area contributed by atoms with Gasteiger partial charge in [0.05, 0.1) is 16.3 Å². The Kier molecular flexibility index (Phi) is 6.28. The van der Waals surface area contributed by atoms with Crippen LogP contribution >= 0.6 is 11.3 Å². The van der Waals surface area contributed by atoms with Gasteiger partial charge in [0.15, 0.2) is 0 Å². The van der Waals surface area contributed by atoms with E-state index >= 15 is 0 Å². The number of rotatable bonds is 4. The number of aliphatic imine (C=N–C) groups is 1. The molecule has 0 fully saturated rings. The molecule has 0 saturated heterocycles. The zero-order chi connectivity index (χ0) is 22.7. The van der Waals surface area contributed by atoms with Crippen LogP contribution in [0.5, 0.6) is 0 Å². The second-order valence-corrected chi connectivity index (χ2v) is 8.82. The molecule has 2 aromatic carbocycles. The van der Waals surface area contributed by atoms with Crippen LogP contribution in [0, 0.1) is 6.92 Å². The zero-order valence-electron chi connectivity index (χ0n) is 18.9. The lowest BCUT2D eigenvalue weighted by atomic mass is 10.0. The molecule has 2 aromatic heterocycles. The van der Waals surface area contributed by atoms with E-state index in [0.29, 0.717) is 5.95 Å². The van der Waals surface area contributed by atoms with Crippen LogP contribution in [0.1, 0.15) is 5.69 Å². The predicted molar refractivity (Wildman–Crippen MR) is 133 cm³/mol. The third-order valence-electron chi connectivity index (χ3n) is 4.91. The molecular weight excluding hydrogens is 416 g/mol. The molecule has 0 atom stereocenters. The van der Waals surface area contributed by atoms with Crippen molar-refractivity contribution in [2.45, 2.75) is 6.92 Å². The molecule has 0 radical (unpaired) electrons. The summed E-state index contributed by atoms with van der Waals surface area (Å²) in [7, 11) is 7.80. The first kappa shape index (κ1) is 21.6. The molecule has 4 rings (SSSR count). The Morgan fingerprint density at radius 3 is 2.06 bits per heavy atom. The maximum Gasteiger partial charge on any atom is 0.253 e. The van der Waals surface area contributed by atoms with Crippen LogP contribution in [0.2, 0.25) is 0 Å². The molecule has 7 heteroatoms. The Hall–Kier alpha value is -3.58. The van der Waals surface area contributed by atoms with Crippen LogP contribution in [0.3, 0.4) is 0 Å². The van der Waals surface area contributed by atoms with Crippen molar-refractivity contribution in [1.82, 2.24) is 24.8 Å². The Bertz CT molecular complexity index is 1220. The lowest BCUT2D eigenvalue weighted by molar-refractivity contribution is 0.483. The number of nitrogens with zero attached hydrogens (tertiary/aromatic N) is 6. The minimum Gasteiger partial charge on any atom is -0.349 e. The zero-order valence-corrected chi connectivity index (χ0v) is 19.8. The van der Waals surface area contributed by atoms with Gasteiger partial charge in [0.2, 0.25) is 5.96 Å². The van der Waals surface area contributed by atoms with Crippen LogP contribution in [0.15, 0.2) is 71.9 Å². The van der Waals surface area contributed by atoms with Crippen molar-refractivity contribution in [3.05, 3.63) is 72.6 Å². The summed E-state index contributed by atoms with van der Waals surface area (Å²) < 4.78 is 0. The summed E-state index contributed by atoms with van der Waals surface area (Å²) >= 11 is 1.64. The van der Waals surface area contributed by atoms with Gasteiger partial charge in [-0.15, -0.1) is 11.3 Å². The van der Waals surface area contributed by atoms with E-state index in [9.17, 15) is 0 Å². The van der Waals surface area contributed by atoms with Crippen LogP contribution in [-0.4, -0.2) is 58.9 Å². The Morgan fingerprint density at radius 1 is 0.781 bits per heavy atom. The monoisotopic (exact) mass is 442 g/mol. The average Bonchev–Trinajstić information content (AvgIpc) is 3.19. The fourth-order valence-corrected chi connectivity index (χ4v) is 4.45. The van der Waals surface area contributed by atoms with Gasteiger partial charge in [0.25, 0.3) is 5.95 Å². The third-order valence-corrected chi connectivity index (χ3v) is 6.14. The van der Waals surface area contributed by atoms with Gasteiger partial charge in [-0.2, -0.15) is 4.99 Å². The van der Waals surface area contributed by atoms with Crippen molar-refractivity contribution < 1.29 is 0 Å². The van der Waals surface area contributed by atoms with Crippen LogP contribution in [0.4, 0.5) is 5.95 Å². The van der Waals surface area contributed by atoms with Gasteiger partial charge in [-0.1, -0.05) is 54.6 Å². The molecule has 0 aliphatic carbocycles. The Labute approximate surface area is 193 Å². The number of benzene rings is 2. The van der Waals surface area contributed by atoms with E-state index in [1.165, 1.54) is 11.1 Å². The standard InChI is InChI=1S/C25H26N6S/c1-17-22(21-15-16-26-24(28-21)29-25(30(2)3)31(4)5)32-23(27-17)20-13-11-19(12-14-20)18-9-7-6-8-10-18/h6-16H,1-5H3. The summed E-state index contributed by atoms with van der Waals surface area (Å²) in [5.74, 6) is 1.21. The fraction of sp³-hybridized carbons (Fsp3) is 0.200. The predicted octanol–water partition coefficient (Wildman–Crippen LogP) is 5.35. The van der Waals surface area contributed by atoms with Gasteiger partial charge in [-0.25, -0.2) is 15.0 Å². The average molecular weight is 443 g/mol. The molecule has 2 heterocycles. The molecule has 0 aliphatic rings. The quantitative estimate of drug-likeness (QED) is 0.315. The molecule has 6 nitrogen and oxygen atoms in total. The normalized spacial score (nSPS) is 10.7. The van der Waals surface area contributed by atoms with Crippen LogP contribution in [0.25, 0.3) is 32.3 Å². The largest absolute Gasteiger partial charge is 0.349 e. The summed E-state index contributed by atoms with van der Waals surface area (Å²) in [6.45, 7) is 2.02. The summed E-state index contributed by atoms with van der Waals surface area (Å²) in [5.41, 5.74) is 5.28. The van der Waals surface area contributed by atoms with Crippen LogP contribution < -0.4 is 0 Å². The van der Waals surface area contributed by atoms with E-state index in [-0.39, 0.29) is 0 Å². The summed E-state index contributed by atoms with van der Waals surface area (Å²) in [6, 6.07) is 20.8. The Balaban J connectivity index is 1.64. The summed E-state index contributed by atoms with van der Waals surface area (Å²) in [6.07, 6.45) is 1.75. The SMILES string of the molecule is Cc1nc(-c2ccc(-c3ccccc3)cc2)sc1-c1ccnc(N=C(N(C)C)N(C)C)n1. The molecule has 0 spiro atoms. The van der Waals surface area contributed by atoms with E-state index in [4.69, 9.17) is 4.98 Å². The van der Waals surface area contributed by atoms with Gasteiger partial charge >= 0.3 is 0 Å². The number of hydrogen-bond acceptors (Lipinski definition) is 5. The third kappa shape index (κ3) is 4.68. The molecule has 4 aromatic rings. The lowest BCUT2D eigenvalue weighted by Crippen LogP contribution is -2.35. The van der Waals surface area contributed by atoms with E-state index in [0.717, 1.165) is 32.8 Å². The van der Waals surface area contributed by atoms with E-state index in [2.05, 4.69) is 63.5 Å². The number of hydrogen-bond donors (Lipinski definition) is 0. The fourth-order valence-electron chi connectivity index (χ4n) is 3.41. The molecule has 32 heavy (non-hydrogen) atoms. The molecule has 0 aliphatic heterocycles. The van der Waals surface area contributed by atoms with Gasteiger partial charge in [-0.3, -0.25) is 0 Å². The van der Waals surface area contributed by atoms with E-state index in [1.54, 1.807) is 17.5 Å². The topological polar surface area (TPSA) is 57.5 Å². The highest BCUT2D eigenvalue weighted by atomic mass is 32.1.